The molecule has 0 saturated heterocycles. The zero-order valence-electron chi connectivity index (χ0n) is 9.60. The number of para-hydroxylation sites is 1. The van der Waals surface area contributed by atoms with Gasteiger partial charge in [0.2, 0.25) is 0 Å². The van der Waals surface area contributed by atoms with Crippen molar-refractivity contribution in [1.29, 1.82) is 0 Å². The standard InChI is InChI=1S/C10H7BrF3N3O2S/c11-6-5-17(16-9(6)15)7-3-1-2-4-8(7)20(18,19)10(12,13)14/h1-5H,(H2,15,16). The zero-order chi connectivity index (χ0) is 15.1. The van der Waals surface area contributed by atoms with Crippen LogP contribution in [0.4, 0.5) is 19.0 Å². The summed E-state index contributed by atoms with van der Waals surface area (Å²) in [6, 6.07) is 4.67. The molecule has 2 rings (SSSR count). The van der Waals surface area contributed by atoms with E-state index in [4.69, 9.17) is 5.73 Å². The summed E-state index contributed by atoms with van der Waals surface area (Å²) in [5.74, 6) is 0.0317. The van der Waals surface area contributed by atoms with E-state index in [9.17, 15) is 21.6 Å². The van der Waals surface area contributed by atoms with Crippen LogP contribution in [0.1, 0.15) is 0 Å². The number of nitrogens with zero attached hydrogens (tertiary/aromatic N) is 2. The highest BCUT2D eigenvalue weighted by Gasteiger charge is 2.48. The van der Waals surface area contributed by atoms with Crippen LogP contribution in [0.2, 0.25) is 0 Å². The van der Waals surface area contributed by atoms with Gasteiger partial charge in [-0.05, 0) is 28.1 Å². The molecule has 2 aromatic rings. The number of sulfone groups is 1. The van der Waals surface area contributed by atoms with Crippen molar-refractivity contribution in [3.8, 4) is 5.69 Å². The van der Waals surface area contributed by atoms with Gasteiger partial charge in [-0.2, -0.15) is 13.2 Å². The van der Waals surface area contributed by atoms with Crippen molar-refractivity contribution >= 4 is 31.6 Å². The van der Waals surface area contributed by atoms with Crippen LogP contribution in [0, 0.1) is 0 Å². The van der Waals surface area contributed by atoms with E-state index >= 15 is 0 Å². The van der Waals surface area contributed by atoms with Crippen molar-refractivity contribution in [1.82, 2.24) is 9.78 Å². The number of alkyl halides is 3. The molecule has 1 heterocycles. The van der Waals surface area contributed by atoms with E-state index < -0.39 is 20.2 Å². The highest BCUT2D eigenvalue weighted by molar-refractivity contribution is 9.10. The third-order valence-corrected chi connectivity index (χ3v) is 4.55. The monoisotopic (exact) mass is 369 g/mol. The zero-order valence-corrected chi connectivity index (χ0v) is 12.0. The molecule has 10 heteroatoms. The molecule has 0 unspecified atom stereocenters. The van der Waals surface area contributed by atoms with Crippen LogP contribution in [-0.2, 0) is 9.84 Å². The van der Waals surface area contributed by atoms with Gasteiger partial charge in [0.15, 0.2) is 5.82 Å². The molecule has 0 spiro atoms. The van der Waals surface area contributed by atoms with E-state index in [-0.39, 0.29) is 11.5 Å². The number of benzene rings is 1. The van der Waals surface area contributed by atoms with Crippen LogP contribution in [-0.4, -0.2) is 23.7 Å². The van der Waals surface area contributed by atoms with Crippen LogP contribution in [0.25, 0.3) is 5.69 Å². The lowest BCUT2D eigenvalue weighted by atomic mass is 10.3. The SMILES string of the molecule is Nc1nn(-c2ccccc2S(=O)(=O)C(F)(F)F)cc1Br. The lowest BCUT2D eigenvalue weighted by molar-refractivity contribution is -0.0436. The van der Waals surface area contributed by atoms with Crippen LogP contribution in [0.3, 0.4) is 0 Å². The predicted molar refractivity (Wildman–Crippen MR) is 68.9 cm³/mol. The van der Waals surface area contributed by atoms with Crippen LogP contribution in [0.5, 0.6) is 0 Å². The molecule has 1 aromatic carbocycles. The van der Waals surface area contributed by atoms with Gasteiger partial charge in [0, 0.05) is 6.20 Å². The first-order valence-corrected chi connectivity index (χ1v) is 7.33. The minimum Gasteiger partial charge on any atom is -0.381 e. The first-order chi connectivity index (χ1) is 9.14. The summed E-state index contributed by atoms with van der Waals surface area (Å²) in [7, 11) is -5.48. The highest BCUT2D eigenvalue weighted by atomic mass is 79.9. The van der Waals surface area contributed by atoms with E-state index in [2.05, 4.69) is 21.0 Å². The number of halogens is 4. The van der Waals surface area contributed by atoms with Crippen LogP contribution < -0.4 is 5.73 Å². The summed E-state index contributed by atoms with van der Waals surface area (Å²) < 4.78 is 62.3. The number of anilines is 1. The number of rotatable bonds is 2. The summed E-state index contributed by atoms with van der Waals surface area (Å²) in [6.07, 6.45) is 1.28. The Morgan fingerprint density at radius 2 is 1.85 bits per heavy atom. The quantitative estimate of drug-likeness (QED) is 0.881. The molecule has 1 aromatic heterocycles. The predicted octanol–water partition coefficient (Wildman–Crippen LogP) is 2.51. The van der Waals surface area contributed by atoms with E-state index in [1.807, 2.05) is 0 Å². The fraction of sp³-hybridized carbons (Fsp3) is 0.100. The Labute approximate surface area is 120 Å². The van der Waals surface area contributed by atoms with Gasteiger partial charge >= 0.3 is 5.51 Å². The molecule has 0 saturated carbocycles. The summed E-state index contributed by atoms with van der Waals surface area (Å²) in [5, 5.41) is 3.75. The number of nitrogen functional groups attached to an aromatic ring is 1. The van der Waals surface area contributed by atoms with E-state index in [0.717, 1.165) is 10.7 Å². The summed E-state index contributed by atoms with van der Waals surface area (Å²) >= 11 is 3.05. The van der Waals surface area contributed by atoms with Crippen molar-refractivity contribution in [3.05, 3.63) is 34.9 Å². The largest absolute Gasteiger partial charge is 0.501 e. The summed E-state index contributed by atoms with van der Waals surface area (Å²) in [5.41, 5.74) is -0.151. The molecule has 0 bridgehead atoms. The van der Waals surface area contributed by atoms with Crippen molar-refractivity contribution in [2.45, 2.75) is 10.4 Å². The molecule has 0 aliphatic rings. The van der Waals surface area contributed by atoms with Gasteiger partial charge in [-0.1, -0.05) is 12.1 Å². The van der Waals surface area contributed by atoms with Gasteiger partial charge in [0.1, 0.15) is 4.90 Å². The van der Waals surface area contributed by atoms with Crippen molar-refractivity contribution in [2.24, 2.45) is 0 Å². The van der Waals surface area contributed by atoms with Crippen LogP contribution in [0.15, 0.2) is 39.8 Å². The van der Waals surface area contributed by atoms with Gasteiger partial charge in [-0.25, -0.2) is 13.1 Å². The smallest absolute Gasteiger partial charge is 0.381 e. The van der Waals surface area contributed by atoms with E-state index in [1.165, 1.54) is 24.4 Å². The van der Waals surface area contributed by atoms with Gasteiger partial charge in [0.25, 0.3) is 9.84 Å². The van der Waals surface area contributed by atoms with Gasteiger partial charge in [0.05, 0.1) is 10.2 Å². The van der Waals surface area contributed by atoms with Crippen molar-refractivity contribution in [2.75, 3.05) is 5.73 Å². The normalized spacial score (nSPS) is 12.6. The molecular formula is C10H7BrF3N3O2S. The number of aromatic nitrogens is 2. The topological polar surface area (TPSA) is 78.0 Å². The number of nitrogens with two attached hydrogens (primary N) is 1. The lowest BCUT2D eigenvalue weighted by Gasteiger charge is -2.12. The average Bonchev–Trinajstić information content (AvgIpc) is 2.68. The van der Waals surface area contributed by atoms with E-state index in [0.29, 0.717) is 4.47 Å². The second kappa shape index (κ2) is 4.77. The maximum Gasteiger partial charge on any atom is 0.501 e. The summed E-state index contributed by atoms with van der Waals surface area (Å²) in [4.78, 5) is -0.887. The average molecular weight is 370 g/mol. The first-order valence-electron chi connectivity index (χ1n) is 5.06. The Balaban J connectivity index is 2.70. The second-order valence-corrected chi connectivity index (χ2v) is 6.49. The minimum atomic E-state index is -5.48. The summed E-state index contributed by atoms with van der Waals surface area (Å²) in [6.45, 7) is 0. The highest BCUT2D eigenvalue weighted by Crippen LogP contribution is 2.33. The fourth-order valence-corrected chi connectivity index (χ4v) is 2.71. The Bertz CT molecular complexity index is 736. The Kier molecular flexibility index (Phi) is 3.54. The first kappa shape index (κ1) is 14.9. The molecule has 20 heavy (non-hydrogen) atoms. The fourth-order valence-electron chi connectivity index (χ4n) is 1.49. The maximum absolute atomic E-state index is 12.6. The molecule has 0 atom stereocenters. The molecule has 0 aliphatic heterocycles. The molecule has 0 amide bonds. The number of hydrogen-bond acceptors (Lipinski definition) is 4. The Morgan fingerprint density at radius 1 is 1.25 bits per heavy atom. The molecular weight excluding hydrogens is 363 g/mol. The van der Waals surface area contributed by atoms with Crippen molar-refractivity contribution < 1.29 is 21.6 Å². The minimum absolute atomic E-state index is 0.0317. The second-order valence-electron chi connectivity index (χ2n) is 3.72. The van der Waals surface area contributed by atoms with Crippen LogP contribution >= 0.6 is 15.9 Å². The molecule has 0 aliphatic carbocycles. The van der Waals surface area contributed by atoms with E-state index in [1.54, 1.807) is 0 Å². The Hall–Kier alpha value is -1.55. The molecule has 0 fully saturated rings. The molecule has 2 N–H and O–H groups in total. The van der Waals surface area contributed by atoms with Gasteiger partial charge < -0.3 is 5.73 Å². The Morgan fingerprint density at radius 3 is 2.35 bits per heavy atom. The third-order valence-electron chi connectivity index (χ3n) is 2.40. The third kappa shape index (κ3) is 2.40. The van der Waals surface area contributed by atoms with Crippen molar-refractivity contribution in [3.63, 3.8) is 0 Å². The van der Waals surface area contributed by atoms with Gasteiger partial charge in [-0.3, -0.25) is 0 Å². The molecule has 108 valence electrons. The maximum atomic E-state index is 12.6. The lowest BCUT2D eigenvalue weighted by Crippen LogP contribution is -2.24. The molecule has 5 nitrogen and oxygen atoms in total. The molecule has 0 radical (unpaired) electrons. The van der Waals surface area contributed by atoms with Gasteiger partial charge in [-0.15, -0.1) is 5.10 Å². The number of hydrogen-bond donors (Lipinski definition) is 1.